The Labute approximate surface area is 366 Å². The maximum absolute atomic E-state index is 15.3. The van der Waals surface area contributed by atoms with Crippen LogP contribution in [0.2, 0.25) is 0 Å². The van der Waals surface area contributed by atoms with Crippen molar-refractivity contribution in [1.82, 2.24) is 39.0 Å². The molecule has 1 spiro atoms. The van der Waals surface area contributed by atoms with Gasteiger partial charge in [0.2, 0.25) is 0 Å². The number of aryl methyl sites for hydroxylation is 2. The van der Waals surface area contributed by atoms with Gasteiger partial charge in [0.25, 0.3) is 5.56 Å². The molecule has 4 fully saturated rings. The molecule has 6 aromatic rings. The first-order chi connectivity index (χ1) is 30.7. The molecule has 2 saturated carbocycles. The van der Waals surface area contributed by atoms with Crippen LogP contribution in [0.1, 0.15) is 46.0 Å². The first kappa shape index (κ1) is 43.0. The Balaban J connectivity index is 0.980. The van der Waals surface area contributed by atoms with Crippen molar-refractivity contribution in [2.75, 3.05) is 26.1 Å². The van der Waals surface area contributed by atoms with Gasteiger partial charge in [-0.05, 0) is 67.4 Å². The fourth-order valence-electron chi connectivity index (χ4n) is 8.89. The molecule has 2 saturated heterocycles. The van der Waals surface area contributed by atoms with Gasteiger partial charge in [0.1, 0.15) is 53.9 Å². The molecule has 0 radical (unpaired) electrons. The Bertz CT molecular complexity index is 2940. The van der Waals surface area contributed by atoms with E-state index in [0.29, 0.717) is 34.5 Å². The molecule has 2 bridgehead atoms. The van der Waals surface area contributed by atoms with Crippen LogP contribution in [0.5, 0.6) is 5.75 Å². The van der Waals surface area contributed by atoms with Crippen LogP contribution in [0.4, 0.5) is 5.82 Å². The Morgan fingerprint density at radius 1 is 1.00 bits per heavy atom. The van der Waals surface area contributed by atoms with E-state index in [4.69, 9.17) is 38.0 Å². The number of methoxy groups -OCH3 is 1. The standard InChI is InChI=1S/C39H41N9O13P2S/c1-19-4-8-22(9-5-19)38(51)58-23-10-6-21(7-11-23)14-64-63(54)56-13-25-30(55-3)31(37(59-25)48-18-44-27-35(48)45-20(2)46-36(27)50)60-62(52,53)57-15-39-12-24(39)28(29(49)32(39)61-63)47-17-43-26-33(40)41-16-42-34(26)47/h4-11,16-18,24-25,28-32,37,49H,12-15H2,1-3H3,(H,52,53)(H2,40,41,42)(H,45,46,50)/t24-,25-,28-,29+,30-,31-,32+,37-,39-,63-/m1/s1. The molecule has 25 heteroatoms. The van der Waals surface area contributed by atoms with Gasteiger partial charge in [0.15, 0.2) is 28.9 Å². The fraction of sp³-hybridized carbons (Fsp3) is 0.410. The third kappa shape index (κ3) is 7.67. The van der Waals surface area contributed by atoms with Gasteiger partial charge in [-0.25, -0.2) is 38.8 Å². The predicted molar refractivity (Wildman–Crippen MR) is 226 cm³/mol. The minimum atomic E-state index is -5.02. The molecule has 10 rings (SSSR count). The number of nitrogens with zero attached hydrogens (tertiary/aromatic N) is 7. The van der Waals surface area contributed by atoms with Crippen molar-refractivity contribution >= 4 is 60.1 Å². The quantitative estimate of drug-likeness (QED) is 0.0946. The normalized spacial score (nSPS) is 32.6. The molecule has 5 N–H and O–H groups in total. The van der Waals surface area contributed by atoms with Crippen LogP contribution < -0.4 is 16.0 Å². The van der Waals surface area contributed by atoms with Gasteiger partial charge < -0.3 is 39.5 Å². The summed E-state index contributed by atoms with van der Waals surface area (Å²) in [4.78, 5) is 60.9. The number of nitrogens with one attached hydrogen (secondary N) is 1. The summed E-state index contributed by atoms with van der Waals surface area (Å²) in [6.07, 6.45) is -3.31. The number of H-pyrrole nitrogens is 1. The minimum Gasteiger partial charge on any atom is -0.423 e. The Morgan fingerprint density at radius 3 is 2.52 bits per heavy atom. The first-order valence-corrected chi connectivity index (χ1v) is 24.6. The zero-order chi connectivity index (χ0) is 44.7. The number of phosphoric ester groups is 1. The van der Waals surface area contributed by atoms with E-state index in [0.717, 1.165) is 16.9 Å². The molecule has 6 heterocycles. The summed E-state index contributed by atoms with van der Waals surface area (Å²) in [6, 6.07) is 12.8. The Kier molecular flexibility index (Phi) is 10.9. The third-order valence-electron chi connectivity index (χ3n) is 12.1. The number of carbonyl (C=O) groups is 1. The zero-order valence-corrected chi connectivity index (χ0v) is 36.8. The highest BCUT2D eigenvalue weighted by Gasteiger charge is 2.74. The molecule has 11 atom stereocenters. The van der Waals surface area contributed by atoms with Crippen molar-refractivity contribution in [3.63, 3.8) is 0 Å². The van der Waals surface area contributed by atoms with Crippen LogP contribution >= 0.6 is 26.0 Å². The number of aliphatic hydroxyl groups excluding tert-OH is 1. The van der Waals surface area contributed by atoms with E-state index >= 15 is 4.57 Å². The van der Waals surface area contributed by atoms with Crippen molar-refractivity contribution in [1.29, 1.82) is 0 Å². The monoisotopic (exact) mass is 937 g/mol. The average molecular weight is 938 g/mol. The number of nitrogens with two attached hydrogens (primary N) is 1. The second kappa shape index (κ2) is 16.2. The molecule has 22 nitrogen and oxygen atoms in total. The number of phosphoric acid groups is 1. The zero-order valence-electron chi connectivity index (χ0n) is 34.2. The Morgan fingerprint density at radius 2 is 1.75 bits per heavy atom. The maximum Gasteiger partial charge on any atom is 0.472 e. The maximum atomic E-state index is 15.3. The van der Waals surface area contributed by atoms with E-state index < -0.39 is 93.5 Å². The van der Waals surface area contributed by atoms with Crippen LogP contribution in [0.25, 0.3) is 22.3 Å². The lowest BCUT2D eigenvalue weighted by Crippen LogP contribution is -2.38. The van der Waals surface area contributed by atoms with Crippen molar-refractivity contribution in [3.8, 4) is 5.75 Å². The van der Waals surface area contributed by atoms with Gasteiger partial charge in [-0.3, -0.25) is 27.5 Å². The number of fused-ring (bicyclic) bond motifs is 4. The molecule has 4 aromatic heterocycles. The van der Waals surface area contributed by atoms with Crippen LogP contribution in [-0.2, 0) is 42.5 Å². The predicted octanol–water partition coefficient (Wildman–Crippen LogP) is 4.17. The lowest BCUT2D eigenvalue weighted by atomic mass is 10.0. The van der Waals surface area contributed by atoms with Gasteiger partial charge in [0, 0.05) is 18.3 Å². The highest BCUT2D eigenvalue weighted by molar-refractivity contribution is 8.54. The van der Waals surface area contributed by atoms with Crippen LogP contribution in [0.15, 0.2) is 72.3 Å². The molecule has 336 valence electrons. The number of rotatable bonds is 8. The summed E-state index contributed by atoms with van der Waals surface area (Å²) in [6.45, 7) is -1.83. The van der Waals surface area contributed by atoms with Crippen LogP contribution in [-0.4, -0.2) is 106 Å². The fourth-order valence-corrected chi connectivity index (χ4v) is 13.3. The second-order valence-electron chi connectivity index (χ2n) is 16.1. The summed E-state index contributed by atoms with van der Waals surface area (Å²) in [7, 11) is -3.68. The summed E-state index contributed by atoms with van der Waals surface area (Å²) >= 11 is 0.836. The van der Waals surface area contributed by atoms with E-state index in [1.54, 1.807) is 47.9 Å². The van der Waals surface area contributed by atoms with Crippen molar-refractivity contribution in [3.05, 3.63) is 100 Å². The molecular weight excluding hydrogens is 896 g/mol. The average Bonchev–Trinajstić information content (AvgIpc) is 3.55. The van der Waals surface area contributed by atoms with Crippen molar-refractivity contribution in [2.24, 2.45) is 11.3 Å². The van der Waals surface area contributed by atoms with Gasteiger partial charge in [-0.1, -0.05) is 29.8 Å². The number of hydrogen-bond donors (Lipinski definition) is 4. The van der Waals surface area contributed by atoms with Crippen molar-refractivity contribution < 1.29 is 56.2 Å². The lowest BCUT2D eigenvalue weighted by molar-refractivity contribution is -0.0600. The number of esters is 1. The number of aliphatic hydroxyl groups is 1. The SMILES string of the molecule is CO[C@H]1[C@H]2OP(=O)(O)OC[C@]34C[C@@H]3[C@@H](n3cnc5c(N)ncnc53)[C@H](O)[C@@H]4O[P@](=O)(SCc3ccc(OC(=O)c4ccc(C)cc4)cc3)OC[C@H]1O[C@H]2n1cnc2c(=O)[nH]c(C)nc21. The number of imidazole rings is 2. The van der Waals surface area contributed by atoms with E-state index in [2.05, 4.69) is 29.9 Å². The van der Waals surface area contributed by atoms with Gasteiger partial charge >= 0.3 is 20.6 Å². The lowest BCUT2D eigenvalue weighted by Gasteiger charge is -2.32. The molecule has 2 aliphatic carbocycles. The smallest absolute Gasteiger partial charge is 0.423 e. The number of ether oxygens (including phenoxy) is 3. The van der Waals surface area contributed by atoms with E-state index in [1.165, 1.54) is 30.7 Å². The number of hydrogen-bond acceptors (Lipinski definition) is 19. The first-order valence-electron chi connectivity index (χ1n) is 20.0. The van der Waals surface area contributed by atoms with Crippen molar-refractivity contribution in [2.45, 2.75) is 68.8 Å². The summed E-state index contributed by atoms with van der Waals surface area (Å²) < 4.78 is 74.6. The summed E-state index contributed by atoms with van der Waals surface area (Å²) in [5.74, 6) is -0.250. The second-order valence-corrected chi connectivity index (χ2v) is 21.5. The highest BCUT2D eigenvalue weighted by atomic mass is 32.7. The molecule has 1 unspecified atom stereocenters. The topological polar surface area (TPSA) is 289 Å². The van der Waals surface area contributed by atoms with E-state index in [1.807, 2.05) is 19.1 Å². The summed E-state index contributed by atoms with van der Waals surface area (Å²) in [5.41, 5.74) is 7.14. The number of benzene rings is 2. The molecule has 4 aliphatic rings. The number of nitrogen functional groups attached to an aromatic ring is 1. The Hall–Kier alpha value is -4.90. The summed E-state index contributed by atoms with van der Waals surface area (Å²) in [5, 5.41) is 12.2. The molecule has 0 amide bonds. The minimum absolute atomic E-state index is 0.0229. The van der Waals surface area contributed by atoms with Gasteiger partial charge in [-0.2, -0.15) is 0 Å². The molecular formula is C39H41N9O13P2S. The third-order valence-corrected chi connectivity index (χ3v) is 16.7. The van der Waals surface area contributed by atoms with Gasteiger partial charge in [-0.15, -0.1) is 0 Å². The van der Waals surface area contributed by atoms with Crippen LogP contribution in [0, 0.1) is 25.2 Å². The molecule has 2 aromatic carbocycles. The van der Waals surface area contributed by atoms with E-state index in [-0.39, 0.29) is 28.6 Å². The van der Waals surface area contributed by atoms with E-state index in [9.17, 15) is 24.2 Å². The largest absolute Gasteiger partial charge is 0.472 e. The molecule has 2 aliphatic heterocycles. The number of carbonyl (C=O) groups excluding carboxylic acids is 1. The number of aromatic amines is 1. The van der Waals surface area contributed by atoms with Crippen LogP contribution in [0.3, 0.4) is 0 Å². The number of anilines is 1. The highest BCUT2D eigenvalue weighted by Crippen LogP contribution is 2.74. The molecule has 64 heavy (non-hydrogen) atoms. The van der Waals surface area contributed by atoms with Gasteiger partial charge in [0.05, 0.1) is 37.5 Å². The number of aromatic nitrogens is 8.